The van der Waals surface area contributed by atoms with E-state index in [2.05, 4.69) is 5.32 Å². The molecule has 0 saturated heterocycles. The van der Waals surface area contributed by atoms with Crippen LogP contribution < -0.4 is 5.32 Å². The molecule has 0 bridgehead atoms. The number of furan rings is 1. The monoisotopic (exact) mass is 321 g/mol. The number of aliphatic hydroxyl groups excluding tert-OH is 1. The van der Waals surface area contributed by atoms with Crippen molar-refractivity contribution >= 4 is 11.7 Å². The molecule has 0 fully saturated rings. The Labute approximate surface area is 137 Å². The summed E-state index contributed by atoms with van der Waals surface area (Å²) >= 11 is 0. The number of carbonyl (C=O) groups is 2. The molecule has 1 atom stereocenters. The maximum Gasteiger partial charge on any atom is 0.287 e. The van der Waals surface area contributed by atoms with E-state index in [-0.39, 0.29) is 29.4 Å². The van der Waals surface area contributed by atoms with Crippen LogP contribution in [0.3, 0.4) is 0 Å². The van der Waals surface area contributed by atoms with Crippen LogP contribution in [-0.4, -0.2) is 29.4 Å². The molecular formula is C18H27NO4. The highest BCUT2D eigenvalue weighted by molar-refractivity contribution is 6.03. The van der Waals surface area contributed by atoms with E-state index < -0.39 is 6.10 Å². The van der Waals surface area contributed by atoms with Gasteiger partial charge in [-0.3, -0.25) is 9.59 Å². The van der Waals surface area contributed by atoms with E-state index in [0.717, 1.165) is 0 Å². The van der Waals surface area contributed by atoms with Gasteiger partial charge >= 0.3 is 0 Å². The first-order chi connectivity index (χ1) is 10.6. The summed E-state index contributed by atoms with van der Waals surface area (Å²) in [4.78, 5) is 24.6. The van der Waals surface area contributed by atoms with Crippen molar-refractivity contribution < 1.29 is 19.1 Å². The number of amides is 1. The molecule has 1 aromatic rings. The number of aliphatic hydroxyl groups is 1. The van der Waals surface area contributed by atoms with E-state index in [1.807, 2.05) is 27.7 Å². The van der Waals surface area contributed by atoms with Gasteiger partial charge in [-0.15, -0.1) is 0 Å². The Balaban J connectivity index is 2.13. The first-order valence-corrected chi connectivity index (χ1v) is 8.22. The van der Waals surface area contributed by atoms with Crippen LogP contribution in [0.15, 0.2) is 4.42 Å². The van der Waals surface area contributed by atoms with Gasteiger partial charge in [-0.1, -0.05) is 27.7 Å². The fourth-order valence-electron chi connectivity index (χ4n) is 3.22. The number of hydrogen-bond acceptors (Lipinski definition) is 4. The third-order valence-corrected chi connectivity index (χ3v) is 4.22. The molecule has 5 heteroatoms. The van der Waals surface area contributed by atoms with E-state index in [1.165, 1.54) is 0 Å². The molecule has 128 valence electrons. The van der Waals surface area contributed by atoms with Gasteiger partial charge in [-0.25, -0.2) is 0 Å². The summed E-state index contributed by atoms with van der Waals surface area (Å²) in [6.07, 6.45) is 1.16. The molecule has 1 aliphatic rings. The van der Waals surface area contributed by atoms with Crippen LogP contribution in [0.5, 0.6) is 0 Å². The quantitative estimate of drug-likeness (QED) is 0.874. The lowest BCUT2D eigenvalue weighted by Gasteiger charge is -2.27. The maximum absolute atomic E-state index is 12.3. The standard InChI is InChI=1S/C18H27NO4/c1-10(2)6-12(20)9-19-17(22)16-11(3)15-13(21)7-18(4,5)8-14(15)23-16/h10,12,20H,6-9H2,1-5H3,(H,19,22). The van der Waals surface area contributed by atoms with Crippen LogP contribution in [-0.2, 0) is 6.42 Å². The van der Waals surface area contributed by atoms with Gasteiger partial charge < -0.3 is 14.8 Å². The molecule has 1 aromatic heterocycles. The third-order valence-electron chi connectivity index (χ3n) is 4.22. The van der Waals surface area contributed by atoms with E-state index >= 15 is 0 Å². The molecule has 0 spiro atoms. The lowest BCUT2D eigenvalue weighted by molar-refractivity contribution is 0.0861. The van der Waals surface area contributed by atoms with Crippen molar-refractivity contribution in [1.82, 2.24) is 5.32 Å². The Kier molecular flexibility index (Phi) is 4.99. The average molecular weight is 321 g/mol. The van der Waals surface area contributed by atoms with Crippen LogP contribution >= 0.6 is 0 Å². The fourth-order valence-corrected chi connectivity index (χ4v) is 3.22. The summed E-state index contributed by atoms with van der Waals surface area (Å²) in [5, 5.41) is 12.6. The third kappa shape index (κ3) is 4.02. The number of ketones is 1. The number of nitrogens with one attached hydrogen (secondary N) is 1. The predicted octanol–water partition coefficient (Wildman–Crippen LogP) is 2.88. The van der Waals surface area contributed by atoms with Crippen LogP contribution in [0.2, 0.25) is 0 Å². The summed E-state index contributed by atoms with van der Waals surface area (Å²) in [5.41, 5.74) is 1.03. The highest BCUT2D eigenvalue weighted by Gasteiger charge is 2.37. The zero-order valence-corrected chi connectivity index (χ0v) is 14.7. The number of Topliss-reactive ketones (excluding diaryl/α,β-unsaturated/α-hetero) is 1. The van der Waals surface area contributed by atoms with Crippen LogP contribution in [0, 0.1) is 18.3 Å². The molecule has 2 N–H and O–H groups in total. The normalized spacial score (nSPS) is 18.0. The molecule has 1 heterocycles. The number of carbonyl (C=O) groups excluding carboxylic acids is 2. The predicted molar refractivity (Wildman–Crippen MR) is 87.7 cm³/mol. The molecule has 5 nitrogen and oxygen atoms in total. The summed E-state index contributed by atoms with van der Waals surface area (Å²) in [6.45, 7) is 10.0. The van der Waals surface area contributed by atoms with Crippen molar-refractivity contribution in [1.29, 1.82) is 0 Å². The number of hydrogen-bond donors (Lipinski definition) is 2. The Hall–Kier alpha value is -1.62. The Morgan fingerprint density at radius 2 is 2.00 bits per heavy atom. The Bertz CT molecular complexity index is 613. The highest BCUT2D eigenvalue weighted by Crippen LogP contribution is 2.38. The highest BCUT2D eigenvalue weighted by atomic mass is 16.4. The van der Waals surface area contributed by atoms with Crippen LogP contribution in [0.1, 0.15) is 72.8 Å². The van der Waals surface area contributed by atoms with Gasteiger partial charge in [0.25, 0.3) is 5.91 Å². The van der Waals surface area contributed by atoms with Crippen molar-refractivity contribution in [3.8, 4) is 0 Å². The first kappa shape index (κ1) is 17.7. The molecule has 0 radical (unpaired) electrons. The molecule has 0 saturated carbocycles. The minimum atomic E-state index is -0.579. The maximum atomic E-state index is 12.3. The second-order valence-electron chi connectivity index (χ2n) is 7.79. The average Bonchev–Trinajstić information content (AvgIpc) is 2.70. The van der Waals surface area contributed by atoms with Gasteiger partial charge in [0.05, 0.1) is 11.7 Å². The van der Waals surface area contributed by atoms with Crippen molar-refractivity contribution in [2.45, 2.75) is 60.0 Å². The second-order valence-corrected chi connectivity index (χ2v) is 7.79. The number of fused-ring (bicyclic) bond motifs is 1. The van der Waals surface area contributed by atoms with Crippen LogP contribution in [0.25, 0.3) is 0 Å². The summed E-state index contributed by atoms with van der Waals surface area (Å²) in [6, 6.07) is 0. The van der Waals surface area contributed by atoms with Gasteiger partial charge in [0.15, 0.2) is 11.5 Å². The van der Waals surface area contributed by atoms with Gasteiger partial charge in [-0.2, -0.15) is 0 Å². The topological polar surface area (TPSA) is 79.5 Å². The smallest absolute Gasteiger partial charge is 0.287 e. The minimum absolute atomic E-state index is 0.0383. The Morgan fingerprint density at radius 1 is 1.35 bits per heavy atom. The fraction of sp³-hybridized carbons (Fsp3) is 0.667. The van der Waals surface area contributed by atoms with E-state index in [4.69, 9.17) is 4.42 Å². The largest absolute Gasteiger partial charge is 0.455 e. The van der Waals surface area contributed by atoms with Crippen molar-refractivity contribution in [3.05, 3.63) is 22.6 Å². The van der Waals surface area contributed by atoms with E-state index in [0.29, 0.717) is 42.1 Å². The first-order valence-electron chi connectivity index (χ1n) is 8.22. The van der Waals surface area contributed by atoms with Gasteiger partial charge in [-0.05, 0) is 24.7 Å². The summed E-state index contributed by atoms with van der Waals surface area (Å²) in [5.74, 6) is 0.829. The van der Waals surface area contributed by atoms with Crippen molar-refractivity contribution in [2.24, 2.45) is 11.3 Å². The zero-order valence-electron chi connectivity index (χ0n) is 14.7. The lowest BCUT2D eigenvalue weighted by atomic mass is 9.76. The lowest BCUT2D eigenvalue weighted by Crippen LogP contribution is -2.33. The van der Waals surface area contributed by atoms with E-state index in [1.54, 1.807) is 6.92 Å². The molecule has 0 aliphatic heterocycles. The molecular weight excluding hydrogens is 294 g/mol. The Morgan fingerprint density at radius 3 is 2.61 bits per heavy atom. The van der Waals surface area contributed by atoms with Crippen molar-refractivity contribution in [3.63, 3.8) is 0 Å². The van der Waals surface area contributed by atoms with Crippen LogP contribution in [0.4, 0.5) is 0 Å². The molecule has 1 amide bonds. The molecule has 0 aromatic carbocycles. The van der Waals surface area contributed by atoms with Gasteiger partial charge in [0, 0.05) is 24.9 Å². The summed E-state index contributed by atoms with van der Waals surface area (Å²) in [7, 11) is 0. The minimum Gasteiger partial charge on any atom is -0.455 e. The molecule has 23 heavy (non-hydrogen) atoms. The van der Waals surface area contributed by atoms with Crippen molar-refractivity contribution in [2.75, 3.05) is 6.54 Å². The SMILES string of the molecule is Cc1c(C(=O)NCC(O)CC(C)C)oc2c1C(=O)CC(C)(C)C2. The zero-order chi connectivity index (χ0) is 17.4. The summed E-state index contributed by atoms with van der Waals surface area (Å²) < 4.78 is 5.70. The molecule has 1 unspecified atom stereocenters. The molecule has 2 rings (SSSR count). The number of rotatable bonds is 5. The second kappa shape index (κ2) is 6.48. The molecule has 1 aliphatic carbocycles. The van der Waals surface area contributed by atoms with E-state index in [9.17, 15) is 14.7 Å². The van der Waals surface area contributed by atoms with Gasteiger partial charge in [0.2, 0.25) is 0 Å². The van der Waals surface area contributed by atoms with Gasteiger partial charge in [0.1, 0.15) is 5.76 Å².